The predicted octanol–water partition coefficient (Wildman–Crippen LogP) is 1.52. The second-order valence-electron chi connectivity index (χ2n) is 4.46. The normalized spacial score (nSPS) is 21.6. The quantitative estimate of drug-likeness (QED) is 0.755. The maximum absolute atomic E-state index is 12.4. The number of aliphatic imine (C=N–C) groups is 1. The first-order valence-electron chi connectivity index (χ1n) is 5.82. The summed E-state index contributed by atoms with van der Waals surface area (Å²) in [6.07, 6.45) is 1.78. The first kappa shape index (κ1) is 11.2. The SMILES string of the molecule is COc1cc2c(cc1C)N=C[C@@H]1COCN1C2=O. The third-order valence-corrected chi connectivity index (χ3v) is 3.31. The molecule has 3 rings (SSSR count). The highest BCUT2D eigenvalue weighted by molar-refractivity contribution is 6.03. The van der Waals surface area contributed by atoms with Crippen LogP contribution in [0.2, 0.25) is 0 Å². The fourth-order valence-electron chi connectivity index (χ4n) is 2.28. The van der Waals surface area contributed by atoms with Gasteiger partial charge in [0.05, 0.1) is 31.0 Å². The zero-order chi connectivity index (χ0) is 12.7. The highest BCUT2D eigenvalue weighted by Gasteiger charge is 2.32. The molecule has 18 heavy (non-hydrogen) atoms. The molecule has 0 unspecified atom stereocenters. The number of methoxy groups -OCH3 is 1. The van der Waals surface area contributed by atoms with Gasteiger partial charge in [-0.05, 0) is 24.6 Å². The highest BCUT2D eigenvalue weighted by atomic mass is 16.5. The number of hydrogen-bond acceptors (Lipinski definition) is 4. The maximum Gasteiger partial charge on any atom is 0.258 e. The van der Waals surface area contributed by atoms with Crippen molar-refractivity contribution in [2.75, 3.05) is 20.4 Å². The molecule has 0 aromatic heterocycles. The van der Waals surface area contributed by atoms with Crippen molar-refractivity contribution in [3.05, 3.63) is 23.3 Å². The second-order valence-corrected chi connectivity index (χ2v) is 4.46. The van der Waals surface area contributed by atoms with Gasteiger partial charge in [-0.3, -0.25) is 9.79 Å². The van der Waals surface area contributed by atoms with Gasteiger partial charge in [-0.25, -0.2) is 0 Å². The minimum absolute atomic E-state index is 0.0525. The molecule has 2 heterocycles. The van der Waals surface area contributed by atoms with Gasteiger partial charge < -0.3 is 14.4 Å². The number of amides is 1. The molecular weight excluding hydrogens is 232 g/mol. The molecule has 1 aromatic rings. The van der Waals surface area contributed by atoms with Crippen LogP contribution in [0.5, 0.6) is 5.75 Å². The lowest BCUT2D eigenvalue weighted by atomic mass is 10.1. The maximum atomic E-state index is 12.4. The molecule has 1 aromatic carbocycles. The second kappa shape index (κ2) is 4.10. The molecule has 1 amide bonds. The van der Waals surface area contributed by atoms with Crippen molar-refractivity contribution in [2.45, 2.75) is 13.0 Å². The molecule has 2 aliphatic heterocycles. The van der Waals surface area contributed by atoms with E-state index in [2.05, 4.69) is 4.99 Å². The van der Waals surface area contributed by atoms with Gasteiger partial charge in [-0.1, -0.05) is 0 Å². The zero-order valence-electron chi connectivity index (χ0n) is 10.3. The van der Waals surface area contributed by atoms with Gasteiger partial charge in [0.15, 0.2) is 0 Å². The van der Waals surface area contributed by atoms with Gasteiger partial charge in [0.2, 0.25) is 0 Å². The monoisotopic (exact) mass is 246 g/mol. The summed E-state index contributed by atoms with van der Waals surface area (Å²) >= 11 is 0. The number of carbonyl (C=O) groups is 1. The number of hydrogen-bond donors (Lipinski definition) is 0. The summed E-state index contributed by atoms with van der Waals surface area (Å²) in [5.41, 5.74) is 2.24. The van der Waals surface area contributed by atoms with Crippen molar-refractivity contribution >= 4 is 17.8 Å². The molecular formula is C13H14N2O3. The van der Waals surface area contributed by atoms with E-state index in [9.17, 15) is 4.79 Å². The average molecular weight is 246 g/mol. The molecule has 0 saturated carbocycles. The summed E-state index contributed by atoms with van der Waals surface area (Å²) in [4.78, 5) is 18.5. The highest BCUT2D eigenvalue weighted by Crippen LogP contribution is 2.32. The van der Waals surface area contributed by atoms with E-state index in [1.54, 1.807) is 24.3 Å². The largest absolute Gasteiger partial charge is 0.496 e. The molecule has 5 nitrogen and oxygen atoms in total. The van der Waals surface area contributed by atoms with Crippen molar-refractivity contribution < 1.29 is 14.3 Å². The Labute approximate surface area is 105 Å². The predicted molar refractivity (Wildman–Crippen MR) is 66.7 cm³/mol. The first-order chi connectivity index (χ1) is 8.70. The van der Waals surface area contributed by atoms with Crippen LogP contribution in [0.4, 0.5) is 5.69 Å². The summed E-state index contributed by atoms with van der Waals surface area (Å²) in [5, 5.41) is 0. The van der Waals surface area contributed by atoms with Crippen LogP contribution in [-0.4, -0.2) is 43.5 Å². The van der Waals surface area contributed by atoms with Crippen LogP contribution in [0, 0.1) is 6.92 Å². The van der Waals surface area contributed by atoms with E-state index >= 15 is 0 Å². The molecule has 0 aliphatic carbocycles. The first-order valence-corrected chi connectivity index (χ1v) is 5.82. The van der Waals surface area contributed by atoms with Crippen LogP contribution in [0.15, 0.2) is 17.1 Å². The fraction of sp³-hybridized carbons (Fsp3) is 0.385. The van der Waals surface area contributed by atoms with Gasteiger partial charge in [-0.2, -0.15) is 0 Å². The molecule has 0 bridgehead atoms. The minimum atomic E-state index is -0.0591. The van der Waals surface area contributed by atoms with Gasteiger partial charge in [0, 0.05) is 6.21 Å². The van der Waals surface area contributed by atoms with Crippen LogP contribution in [0.1, 0.15) is 15.9 Å². The smallest absolute Gasteiger partial charge is 0.258 e. The third kappa shape index (κ3) is 1.59. The Bertz CT molecular complexity index is 539. The van der Waals surface area contributed by atoms with Crippen molar-refractivity contribution in [1.29, 1.82) is 0 Å². The average Bonchev–Trinajstić information content (AvgIpc) is 2.79. The number of aryl methyl sites for hydroxylation is 1. The van der Waals surface area contributed by atoms with E-state index < -0.39 is 0 Å². The van der Waals surface area contributed by atoms with Crippen LogP contribution >= 0.6 is 0 Å². The summed E-state index contributed by atoms with van der Waals surface area (Å²) < 4.78 is 10.6. The lowest BCUT2D eigenvalue weighted by molar-refractivity contribution is 0.0684. The Hall–Kier alpha value is -1.88. The van der Waals surface area contributed by atoms with E-state index in [-0.39, 0.29) is 11.9 Å². The van der Waals surface area contributed by atoms with Crippen LogP contribution in [0.25, 0.3) is 0 Å². The van der Waals surface area contributed by atoms with Gasteiger partial charge in [0.1, 0.15) is 12.5 Å². The van der Waals surface area contributed by atoms with Gasteiger partial charge >= 0.3 is 0 Å². The van der Waals surface area contributed by atoms with E-state index in [4.69, 9.17) is 9.47 Å². The van der Waals surface area contributed by atoms with Crippen molar-refractivity contribution in [1.82, 2.24) is 4.90 Å². The standard InChI is InChI=1S/C13H14N2O3/c1-8-3-11-10(4-12(8)17-2)13(16)15-7-18-6-9(15)5-14-11/h3-5,9H,6-7H2,1-2H3/t9-/m1/s1. The topological polar surface area (TPSA) is 51.1 Å². The summed E-state index contributed by atoms with van der Waals surface area (Å²) in [5.74, 6) is 0.652. The Kier molecular flexibility index (Phi) is 2.56. The molecule has 1 atom stereocenters. The van der Waals surface area contributed by atoms with E-state index in [0.29, 0.717) is 30.3 Å². The summed E-state index contributed by atoms with van der Waals surface area (Å²) in [6.45, 7) is 2.78. The molecule has 0 N–H and O–H groups in total. The van der Waals surface area contributed by atoms with Crippen molar-refractivity contribution in [2.24, 2.45) is 4.99 Å². The van der Waals surface area contributed by atoms with Crippen LogP contribution in [-0.2, 0) is 4.74 Å². The molecule has 0 radical (unpaired) electrons. The molecule has 0 spiro atoms. The summed E-state index contributed by atoms with van der Waals surface area (Å²) in [7, 11) is 1.60. The Balaban J connectivity index is 2.12. The van der Waals surface area contributed by atoms with Crippen LogP contribution < -0.4 is 4.74 Å². The number of carbonyl (C=O) groups excluding carboxylic acids is 1. The van der Waals surface area contributed by atoms with Crippen molar-refractivity contribution in [3.8, 4) is 5.75 Å². The molecule has 2 aliphatic rings. The Morgan fingerprint density at radius 1 is 1.50 bits per heavy atom. The zero-order valence-corrected chi connectivity index (χ0v) is 10.3. The summed E-state index contributed by atoms with van der Waals surface area (Å²) in [6, 6.07) is 3.58. The Morgan fingerprint density at radius 3 is 3.11 bits per heavy atom. The lowest BCUT2D eigenvalue weighted by Crippen LogP contribution is -2.36. The number of benzene rings is 1. The van der Waals surface area contributed by atoms with Gasteiger partial charge in [-0.15, -0.1) is 0 Å². The van der Waals surface area contributed by atoms with E-state index in [1.165, 1.54) is 0 Å². The molecule has 5 heteroatoms. The fourth-order valence-corrected chi connectivity index (χ4v) is 2.28. The number of fused-ring (bicyclic) bond motifs is 2. The Morgan fingerprint density at radius 2 is 2.33 bits per heavy atom. The van der Waals surface area contributed by atoms with Gasteiger partial charge in [0.25, 0.3) is 5.91 Å². The van der Waals surface area contributed by atoms with E-state index in [1.807, 2.05) is 13.0 Å². The van der Waals surface area contributed by atoms with E-state index in [0.717, 1.165) is 5.56 Å². The number of ether oxygens (including phenoxy) is 2. The number of rotatable bonds is 1. The van der Waals surface area contributed by atoms with Crippen LogP contribution in [0.3, 0.4) is 0 Å². The lowest BCUT2D eigenvalue weighted by Gasteiger charge is -2.18. The van der Waals surface area contributed by atoms with Crippen molar-refractivity contribution in [3.63, 3.8) is 0 Å². The minimum Gasteiger partial charge on any atom is -0.496 e. The molecule has 1 saturated heterocycles. The molecule has 1 fully saturated rings. The number of nitrogens with zero attached hydrogens (tertiary/aromatic N) is 2. The third-order valence-electron chi connectivity index (χ3n) is 3.31. The molecule has 94 valence electrons.